The van der Waals surface area contributed by atoms with Gasteiger partial charge in [0, 0.05) is 26.2 Å². The van der Waals surface area contributed by atoms with Crippen LogP contribution in [-0.2, 0) is 14.3 Å². The molecule has 7 heteroatoms. The van der Waals surface area contributed by atoms with Gasteiger partial charge in [-0.1, -0.05) is 0 Å². The second kappa shape index (κ2) is 7.61. The van der Waals surface area contributed by atoms with Crippen LogP contribution >= 0.6 is 0 Å². The Kier molecular flexibility index (Phi) is 6.42. The molecule has 1 aliphatic heterocycles. The fourth-order valence-corrected chi connectivity index (χ4v) is 1.97. The van der Waals surface area contributed by atoms with Crippen LogP contribution < -0.4 is 5.73 Å². The highest BCUT2D eigenvalue weighted by Crippen LogP contribution is 2.09. The van der Waals surface area contributed by atoms with Crippen molar-refractivity contribution in [2.75, 3.05) is 39.4 Å². The van der Waals surface area contributed by atoms with Crippen molar-refractivity contribution in [1.82, 2.24) is 9.80 Å². The van der Waals surface area contributed by atoms with Gasteiger partial charge in [-0.05, 0) is 27.7 Å². The Hall–Kier alpha value is -1.34. The molecule has 0 saturated carbocycles. The highest BCUT2D eigenvalue weighted by Gasteiger charge is 2.28. The zero-order valence-electron chi connectivity index (χ0n) is 13.4. The van der Waals surface area contributed by atoms with Crippen molar-refractivity contribution in [2.45, 2.75) is 39.3 Å². The Bertz CT molecular complexity index is 360. The number of hydrogen-bond acceptors (Lipinski definition) is 5. The quantitative estimate of drug-likeness (QED) is 0.814. The maximum Gasteiger partial charge on any atom is 0.409 e. The average Bonchev–Trinajstić information content (AvgIpc) is 2.43. The third-order valence-electron chi connectivity index (χ3n) is 3.13. The normalized spacial score (nSPS) is 17.6. The van der Waals surface area contributed by atoms with Gasteiger partial charge in [0.1, 0.15) is 6.04 Å². The van der Waals surface area contributed by atoms with Gasteiger partial charge in [0.05, 0.1) is 18.8 Å². The van der Waals surface area contributed by atoms with Crippen molar-refractivity contribution in [3.8, 4) is 0 Å². The zero-order chi connectivity index (χ0) is 16.0. The van der Waals surface area contributed by atoms with Crippen molar-refractivity contribution >= 4 is 12.0 Å². The molecule has 122 valence electrons. The lowest BCUT2D eigenvalue weighted by molar-refractivity contribution is -0.137. The van der Waals surface area contributed by atoms with Crippen molar-refractivity contribution in [2.24, 2.45) is 5.73 Å². The second-order valence-corrected chi connectivity index (χ2v) is 6.04. The third kappa shape index (κ3) is 5.89. The van der Waals surface area contributed by atoms with E-state index in [4.69, 9.17) is 15.2 Å². The molecule has 1 fully saturated rings. The molecule has 1 heterocycles. The average molecular weight is 301 g/mol. The van der Waals surface area contributed by atoms with Crippen LogP contribution in [0.4, 0.5) is 4.79 Å². The van der Waals surface area contributed by atoms with Gasteiger partial charge in [-0.25, -0.2) is 4.79 Å². The molecule has 1 saturated heterocycles. The lowest BCUT2D eigenvalue weighted by atomic mass is 10.2. The molecule has 1 rings (SSSR count). The van der Waals surface area contributed by atoms with E-state index in [2.05, 4.69) is 0 Å². The summed E-state index contributed by atoms with van der Waals surface area (Å²) >= 11 is 0. The Labute approximate surface area is 126 Å². The van der Waals surface area contributed by atoms with E-state index in [0.29, 0.717) is 32.8 Å². The Morgan fingerprint density at radius 2 is 1.67 bits per heavy atom. The number of carbonyl (C=O) groups is 2. The largest absolute Gasteiger partial charge is 0.450 e. The number of hydrogen-bond donors (Lipinski definition) is 1. The summed E-state index contributed by atoms with van der Waals surface area (Å²) in [5, 5.41) is 0. The van der Waals surface area contributed by atoms with Crippen molar-refractivity contribution in [1.29, 1.82) is 0 Å². The molecule has 2 amide bonds. The fourth-order valence-electron chi connectivity index (χ4n) is 1.97. The number of carbonyl (C=O) groups excluding carboxylic acids is 2. The van der Waals surface area contributed by atoms with Crippen molar-refractivity contribution in [3.63, 3.8) is 0 Å². The van der Waals surface area contributed by atoms with E-state index < -0.39 is 6.04 Å². The SMILES string of the molecule is CCOC(=O)N1CCN(C(=O)C(N)COC(C)(C)C)CC1. The Morgan fingerprint density at radius 1 is 1.14 bits per heavy atom. The molecule has 1 unspecified atom stereocenters. The zero-order valence-corrected chi connectivity index (χ0v) is 13.4. The summed E-state index contributed by atoms with van der Waals surface area (Å²) in [7, 11) is 0. The van der Waals surface area contributed by atoms with Gasteiger partial charge in [-0.15, -0.1) is 0 Å². The van der Waals surface area contributed by atoms with Crippen LogP contribution in [0.25, 0.3) is 0 Å². The second-order valence-electron chi connectivity index (χ2n) is 6.04. The molecule has 21 heavy (non-hydrogen) atoms. The minimum Gasteiger partial charge on any atom is -0.450 e. The van der Waals surface area contributed by atoms with Crippen molar-refractivity contribution in [3.05, 3.63) is 0 Å². The lowest BCUT2D eigenvalue weighted by Crippen LogP contribution is -2.55. The topological polar surface area (TPSA) is 85.1 Å². The molecule has 0 aromatic heterocycles. The van der Waals surface area contributed by atoms with Crippen LogP contribution in [-0.4, -0.2) is 72.8 Å². The number of ether oxygens (including phenoxy) is 2. The maximum atomic E-state index is 12.2. The number of nitrogens with two attached hydrogens (primary N) is 1. The monoisotopic (exact) mass is 301 g/mol. The van der Waals surface area contributed by atoms with Gasteiger partial charge in [-0.2, -0.15) is 0 Å². The van der Waals surface area contributed by atoms with E-state index in [1.807, 2.05) is 20.8 Å². The summed E-state index contributed by atoms with van der Waals surface area (Å²) < 4.78 is 10.5. The first kappa shape index (κ1) is 17.7. The molecule has 0 radical (unpaired) electrons. The van der Waals surface area contributed by atoms with Crippen LogP contribution in [0.3, 0.4) is 0 Å². The van der Waals surface area contributed by atoms with Gasteiger partial charge in [0.15, 0.2) is 0 Å². The Morgan fingerprint density at radius 3 is 2.14 bits per heavy atom. The van der Waals surface area contributed by atoms with Crippen LogP contribution in [0.5, 0.6) is 0 Å². The highest BCUT2D eigenvalue weighted by molar-refractivity contribution is 5.82. The predicted octanol–water partition coefficient (Wildman–Crippen LogP) is 0.430. The molecular weight excluding hydrogens is 274 g/mol. The van der Waals surface area contributed by atoms with E-state index in [1.165, 1.54) is 0 Å². The molecular formula is C14H27N3O4. The van der Waals surface area contributed by atoms with Gasteiger partial charge in [0.25, 0.3) is 0 Å². The number of nitrogens with zero attached hydrogens (tertiary/aromatic N) is 2. The van der Waals surface area contributed by atoms with E-state index >= 15 is 0 Å². The van der Waals surface area contributed by atoms with Gasteiger partial charge in [0.2, 0.25) is 5.91 Å². The van der Waals surface area contributed by atoms with E-state index in [1.54, 1.807) is 16.7 Å². The number of rotatable bonds is 4. The molecule has 0 aromatic carbocycles. The van der Waals surface area contributed by atoms with Gasteiger partial charge >= 0.3 is 6.09 Å². The summed E-state index contributed by atoms with van der Waals surface area (Å²) in [4.78, 5) is 27.1. The smallest absolute Gasteiger partial charge is 0.409 e. The summed E-state index contributed by atoms with van der Waals surface area (Å²) in [6, 6.07) is -0.668. The molecule has 0 aliphatic carbocycles. The highest BCUT2D eigenvalue weighted by atomic mass is 16.6. The van der Waals surface area contributed by atoms with Gasteiger partial charge in [-0.3, -0.25) is 4.79 Å². The molecule has 0 bridgehead atoms. The minimum atomic E-state index is -0.668. The van der Waals surface area contributed by atoms with Crippen LogP contribution in [0.15, 0.2) is 0 Å². The summed E-state index contributed by atoms with van der Waals surface area (Å²) in [5.41, 5.74) is 5.56. The Balaban J connectivity index is 2.39. The standard InChI is InChI=1S/C14H27N3O4/c1-5-20-13(19)17-8-6-16(7-9-17)12(18)11(15)10-21-14(2,3)4/h11H,5-10,15H2,1-4H3. The summed E-state index contributed by atoms with van der Waals surface area (Å²) in [6.07, 6.45) is -0.329. The molecule has 1 aliphatic rings. The van der Waals surface area contributed by atoms with Crippen LogP contribution in [0.1, 0.15) is 27.7 Å². The minimum absolute atomic E-state index is 0.136. The third-order valence-corrected chi connectivity index (χ3v) is 3.13. The van der Waals surface area contributed by atoms with E-state index in [9.17, 15) is 9.59 Å². The molecule has 1 atom stereocenters. The van der Waals surface area contributed by atoms with E-state index in [0.717, 1.165) is 0 Å². The van der Waals surface area contributed by atoms with Gasteiger partial charge < -0.3 is 25.0 Å². The number of piperazine rings is 1. The first-order valence-electron chi connectivity index (χ1n) is 7.34. The number of amides is 2. The summed E-state index contributed by atoms with van der Waals surface area (Å²) in [5.74, 6) is -0.136. The van der Waals surface area contributed by atoms with E-state index in [-0.39, 0.29) is 24.2 Å². The molecule has 2 N–H and O–H groups in total. The van der Waals surface area contributed by atoms with Crippen LogP contribution in [0.2, 0.25) is 0 Å². The molecule has 7 nitrogen and oxygen atoms in total. The molecule has 0 aromatic rings. The first-order chi connectivity index (χ1) is 9.74. The lowest BCUT2D eigenvalue weighted by Gasteiger charge is -2.35. The summed E-state index contributed by atoms with van der Waals surface area (Å²) in [6.45, 7) is 9.96. The van der Waals surface area contributed by atoms with Crippen LogP contribution in [0, 0.1) is 0 Å². The fraction of sp³-hybridized carbons (Fsp3) is 0.857. The molecule has 0 spiro atoms. The predicted molar refractivity (Wildman–Crippen MR) is 78.9 cm³/mol. The van der Waals surface area contributed by atoms with Crippen molar-refractivity contribution < 1.29 is 19.1 Å². The first-order valence-corrected chi connectivity index (χ1v) is 7.34. The maximum absolute atomic E-state index is 12.2.